The number of aliphatic carboxylic acids is 3. The van der Waals surface area contributed by atoms with E-state index in [4.69, 9.17) is 20.2 Å². The highest BCUT2D eigenvalue weighted by atomic mass is 33.1. The zero-order chi connectivity index (χ0) is 25.5. The number of benzene rings is 1. The molecule has 0 amide bonds. The van der Waals surface area contributed by atoms with Gasteiger partial charge in [-0.25, -0.2) is 4.79 Å². The van der Waals surface area contributed by atoms with Gasteiger partial charge in [-0.2, -0.15) is 5.48 Å². The minimum Gasteiger partial charge on any atom is -0.480 e. The molecule has 0 aliphatic rings. The quantitative estimate of drug-likeness (QED) is 0.0887. The number of hydrogen-bond acceptors (Lipinski definition) is 12. The number of hydroxylamine groups is 1. The lowest BCUT2D eigenvalue weighted by Gasteiger charge is -2.24. The van der Waals surface area contributed by atoms with Crippen LogP contribution in [-0.4, -0.2) is 105 Å². The van der Waals surface area contributed by atoms with Crippen molar-refractivity contribution in [2.45, 2.75) is 4.90 Å². The van der Waals surface area contributed by atoms with Gasteiger partial charge in [0.1, 0.15) is 0 Å². The Kier molecular flexibility index (Phi) is 13.6. The summed E-state index contributed by atoms with van der Waals surface area (Å²) in [6.45, 7) is -2.02. The van der Waals surface area contributed by atoms with Gasteiger partial charge in [-0.1, -0.05) is 33.7 Å². The number of carboxylic acid groups (broad SMARTS) is 3. The average molecular weight is 521 g/mol. The predicted molar refractivity (Wildman–Crippen MR) is 121 cm³/mol. The van der Waals surface area contributed by atoms with Gasteiger partial charge in [0.25, 0.3) is 5.69 Å². The number of nitrogens with one attached hydrogen (secondary N) is 1. The van der Waals surface area contributed by atoms with Crippen molar-refractivity contribution in [2.24, 2.45) is 0 Å². The summed E-state index contributed by atoms with van der Waals surface area (Å²) in [5.41, 5.74) is 2.42. The van der Waals surface area contributed by atoms with Crippen LogP contribution in [0.15, 0.2) is 29.2 Å². The van der Waals surface area contributed by atoms with Crippen molar-refractivity contribution in [3.8, 4) is 0 Å². The maximum absolute atomic E-state index is 12.0. The van der Waals surface area contributed by atoms with Gasteiger partial charge in [-0.15, -0.1) is 0 Å². The van der Waals surface area contributed by atoms with E-state index in [1.165, 1.54) is 32.6 Å². The van der Waals surface area contributed by atoms with Crippen LogP contribution in [0.5, 0.6) is 0 Å². The second kappa shape index (κ2) is 15.8. The Balaban J connectivity index is 2.41. The molecule has 4 N–H and O–H groups in total. The summed E-state index contributed by atoms with van der Waals surface area (Å²) < 4.78 is 0. The van der Waals surface area contributed by atoms with Gasteiger partial charge in [0.05, 0.1) is 36.0 Å². The van der Waals surface area contributed by atoms with Gasteiger partial charge in [-0.3, -0.25) is 34.3 Å². The van der Waals surface area contributed by atoms with Crippen LogP contribution in [-0.2, 0) is 24.0 Å². The third kappa shape index (κ3) is 12.9. The molecule has 0 saturated heterocycles. The zero-order valence-corrected chi connectivity index (χ0v) is 19.5. The molecule has 1 aromatic rings. The van der Waals surface area contributed by atoms with Gasteiger partial charge < -0.3 is 20.2 Å². The van der Waals surface area contributed by atoms with Crippen molar-refractivity contribution in [1.82, 2.24) is 15.3 Å². The van der Waals surface area contributed by atoms with Crippen molar-refractivity contribution >= 4 is 51.2 Å². The highest BCUT2D eigenvalue weighted by molar-refractivity contribution is 8.76. The second-order valence-corrected chi connectivity index (χ2v) is 9.06. The lowest BCUT2D eigenvalue weighted by Crippen LogP contribution is -2.44. The molecule has 0 bridgehead atoms. The summed E-state index contributed by atoms with van der Waals surface area (Å²) >= 11 is 0. The summed E-state index contributed by atoms with van der Waals surface area (Å²) in [4.78, 5) is 62.9. The summed E-state index contributed by atoms with van der Waals surface area (Å²) in [5, 5.41) is 37.7. The van der Waals surface area contributed by atoms with Gasteiger partial charge >= 0.3 is 23.9 Å². The number of carboxylic acids is 3. The standard InChI is InChI=1S/C18H24N4O10S2/c23-15(24)9-20(10-16(25)26)6-7-21(11-17(27)28)12-18(29)32-19-5-8-33-34-14-4-2-1-3-13(14)22(30)31/h1-4,19H,5-12H2,(H,23,24)(H,25,26)(H,27,28). The van der Waals surface area contributed by atoms with Gasteiger partial charge in [0.2, 0.25) is 0 Å². The van der Waals surface area contributed by atoms with Crippen LogP contribution in [0.3, 0.4) is 0 Å². The van der Waals surface area contributed by atoms with Gasteiger partial charge in [0, 0.05) is 31.5 Å². The number of nitrogens with zero attached hydrogens (tertiary/aromatic N) is 3. The van der Waals surface area contributed by atoms with Crippen molar-refractivity contribution in [3.63, 3.8) is 0 Å². The topological polar surface area (TPSA) is 200 Å². The van der Waals surface area contributed by atoms with E-state index in [-0.39, 0.29) is 25.3 Å². The molecule has 0 radical (unpaired) electrons. The summed E-state index contributed by atoms with van der Waals surface area (Å²) in [7, 11) is 2.50. The van der Waals surface area contributed by atoms with E-state index in [0.29, 0.717) is 10.6 Å². The molecule has 0 atom stereocenters. The summed E-state index contributed by atoms with van der Waals surface area (Å²) in [5.74, 6) is -4.07. The molecular weight excluding hydrogens is 496 g/mol. The second-order valence-electron chi connectivity index (χ2n) is 6.60. The molecular formula is C18H24N4O10S2. The van der Waals surface area contributed by atoms with Crippen molar-refractivity contribution in [3.05, 3.63) is 34.4 Å². The first-order valence-corrected chi connectivity index (χ1v) is 12.0. The average Bonchev–Trinajstić information content (AvgIpc) is 2.73. The lowest BCUT2D eigenvalue weighted by atomic mass is 10.3. The van der Waals surface area contributed by atoms with E-state index in [2.05, 4.69) is 5.48 Å². The molecule has 14 nitrogen and oxygen atoms in total. The molecule has 0 unspecified atom stereocenters. The Morgan fingerprint density at radius 1 is 0.941 bits per heavy atom. The van der Waals surface area contributed by atoms with E-state index in [0.717, 1.165) is 4.90 Å². The fourth-order valence-electron chi connectivity index (χ4n) is 2.50. The number of rotatable bonds is 18. The van der Waals surface area contributed by atoms with Crippen LogP contribution in [0.4, 0.5) is 5.69 Å². The van der Waals surface area contributed by atoms with Crippen LogP contribution in [0.2, 0.25) is 0 Å². The molecule has 0 saturated carbocycles. The molecule has 188 valence electrons. The first kappa shape index (κ1) is 29.1. The molecule has 0 aliphatic carbocycles. The smallest absolute Gasteiger partial charge is 0.338 e. The van der Waals surface area contributed by atoms with E-state index in [9.17, 15) is 29.3 Å². The van der Waals surface area contributed by atoms with Crippen molar-refractivity contribution < 1.29 is 44.3 Å². The highest BCUT2D eigenvalue weighted by Gasteiger charge is 2.19. The molecule has 0 spiro atoms. The normalized spacial score (nSPS) is 10.9. The Morgan fingerprint density at radius 2 is 1.47 bits per heavy atom. The maximum Gasteiger partial charge on any atom is 0.338 e. The van der Waals surface area contributed by atoms with E-state index < -0.39 is 55.0 Å². The SMILES string of the molecule is O=C(O)CN(CCN(CC(=O)O)CC(=O)ONCCSSc1ccccc1[N+](=O)[O-])CC(=O)O. The third-order valence-electron chi connectivity index (χ3n) is 3.85. The predicted octanol–water partition coefficient (Wildman–Crippen LogP) is 0.241. The van der Waals surface area contributed by atoms with E-state index >= 15 is 0 Å². The van der Waals surface area contributed by atoms with Crippen LogP contribution < -0.4 is 5.48 Å². The summed E-state index contributed by atoms with van der Waals surface area (Å²) in [6.07, 6.45) is 0. The Hall–Kier alpha value is -2.92. The first-order valence-electron chi connectivity index (χ1n) is 9.64. The first-order chi connectivity index (χ1) is 16.1. The number of para-hydroxylation sites is 1. The largest absolute Gasteiger partial charge is 0.480 e. The molecule has 16 heteroatoms. The zero-order valence-electron chi connectivity index (χ0n) is 17.8. The molecule has 0 aliphatic heterocycles. The fourth-order valence-corrected chi connectivity index (χ4v) is 4.54. The minimum atomic E-state index is -1.24. The highest BCUT2D eigenvalue weighted by Crippen LogP contribution is 2.36. The van der Waals surface area contributed by atoms with Crippen LogP contribution in [0.1, 0.15) is 0 Å². The van der Waals surface area contributed by atoms with Crippen LogP contribution in [0, 0.1) is 10.1 Å². The number of carbonyl (C=O) groups is 4. The Morgan fingerprint density at radius 3 is 2.00 bits per heavy atom. The summed E-state index contributed by atoms with van der Waals surface area (Å²) in [6, 6.07) is 6.27. The Bertz CT molecular complexity index is 857. The molecule has 34 heavy (non-hydrogen) atoms. The molecule has 0 aromatic heterocycles. The number of hydrogen-bond donors (Lipinski definition) is 4. The van der Waals surface area contributed by atoms with Crippen molar-refractivity contribution in [2.75, 3.05) is 51.6 Å². The van der Waals surface area contributed by atoms with Gasteiger partial charge in [0.15, 0.2) is 0 Å². The van der Waals surface area contributed by atoms with Gasteiger partial charge in [-0.05, 0) is 6.07 Å². The third-order valence-corrected chi connectivity index (χ3v) is 6.25. The molecule has 1 aromatic carbocycles. The number of carbonyl (C=O) groups excluding carboxylic acids is 1. The Labute approximate surface area is 201 Å². The molecule has 0 fully saturated rings. The van der Waals surface area contributed by atoms with Crippen LogP contribution >= 0.6 is 21.6 Å². The van der Waals surface area contributed by atoms with E-state index in [1.54, 1.807) is 18.2 Å². The van der Waals surface area contributed by atoms with E-state index in [1.807, 2.05) is 0 Å². The number of nitro groups is 1. The monoisotopic (exact) mass is 520 g/mol. The molecule has 0 heterocycles. The van der Waals surface area contributed by atoms with Crippen LogP contribution in [0.25, 0.3) is 0 Å². The fraction of sp³-hybridized carbons (Fsp3) is 0.444. The molecule has 1 rings (SSSR count). The van der Waals surface area contributed by atoms with Crippen molar-refractivity contribution in [1.29, 1.82) is 0 Å². The lowest BCUT2D eigenvalue weighted by molar-refractivity contribution is -0.387. The number of nitro benzene ring substituents is 1. The maximum atomic E-state index is 12.0. The minimum absolute atomic E-state index is 0.0109.